The Labute approximate surface area is 119 Å². The van der Waals surface area contributed by atoms with Gasteiger partial charge in [0.05, 0.1) is 6.20 Å². The van der Waals surface area contributed by atoms with Crippen LogP contribution >= 0.6 is 11.3 Å². The first kappa shape index (κ1) is 12.4. The molecule has 0 atom stereocenters. The summed E-state index contributed by atoms with van der Waals surface area (Å²) in [5, 5.41) is 5.18. The zero-order valence-corrected chi connectivity index (χ0v) is 11.2. The fourth-order valence-electron chi connectivity index (χ4n) is 1.62. The number of nitrogens with zero attached hydrogens (tertiary/aromatic N) is 3. The van der Waals surface area contributed by atoms with Crippen molar-refractivity contribution in [1.29, 1.82) is 0 Å². The number of hydrogen-bond donors (Lipinski definition) is 1. The highest BCUT2D eigenvalue weighted by Crippen LogP contribution is 2.21. The molecule has 6 heteroatoms. The van der Waals surface area contributed by atoms with Gasteiger partial charge in [-0.15, -0.1) is 11.3 Å². The maximum Gasteiger partial charge on any atom is 0.275 e. The first-order chi connectivity index (χ1) is 9.83. The van der Waals surface area contributed by atoms with Crippen LogP contribution in [-0.4, -0.2) is 20.9 Å². The van der Waals surface area contributed by atoms with Gasteiger partial charge in [-0.2, -0.15) is 0 Å². The van der Waals surface area contributed by atoms with E-state index in [0.29, 0.717) is 16.4 Å². The molecule has 2 aromatic heterocycles. The van der Waals surface area contributed by atoms with Crippen LogP contribution in [-0.2, 0) is 0 Å². The quantitative estimate of drug-likeness (QED) is 0.802. The van der Waals surface area contributed by atoms with E-state index < -0.39 is 0 Å². The van der Waals surface area contributed by atoms with Gasteiger partial charge in [-0.3, -0.25) is 14.8 Å². The number of rotatable bonds is 3. The van der Waals surface area contributed by atoms with E-state index in [4.69, 9.17) is 0 Å². The predicted molar refractivity (Wildman–Crippen MR) is 77.5 cm³/mol. The first-order valence-corrected chi connectivity index (χ1v) is 6.79. The summed E-state index contributed by atoms with van der Waals surface area (Å²) in [6, 6.07) is 9.27. The number of thiazole rings is 1. The fourth-order valence-corrected chi connectivity index (χ4v) is 2.38. The average Bonchev–Trinajstić information content (AvgIpc) is 2.99. The topological polar surface area (TPSA) is 67.8 Å². The van der Waals surface area contributed by atoms with E-state index in [9.17, 15) is 4.79 Å². The van der Waals surface area contributed by atoms with Crippen molar-refractivity contribution in [1.82, 2.24) is 15.0 Å². The molecule has 5 nitrogen and oxygen atoms in total. The van der Waals surface area contributed by atoms with Crippen LogP contribution in [0.2, 0.25) is 0 Å². The summed E-state index contributed by atoms with van der Waals surface area (Å²) in [5.41, 5.74) is 1.78. The molecule has 3 rings (SSSR count). The minimum absolute atomic E-state index is 0.234. The van der Waals surface area contributed by atoms with E-state index in [1.807, 2.05) is 30.3 Å². The molecule has 1 amide bonds. The number of carbonyl (C=O) groups is 1. The van der Waals surface area contributed by atoms with Gasteiger partial charge in [0.25, 0.3) is 5.91 Å². The van der Waals surface area contributed by atoms with E-state index >= 15 is 0 Å². The van der Waals surface area contributed by atoms with Crippen LogP contribution in [0.4, 0.5) is 5.69 Å². The number of nitrogens with one attached hydrogen (secondary N) is 1. The molecule has 0 bridgehead atoms. The standard InChI is InChI=1S/C14H10N4OS/c19-13(17-10-4-2-1-3-5-10)12-9-20-14(18-12)11-8-15-6-7-16-11/h1-9H,(H,17,19). The van der Waals surface area contributed by atoms with Gasteiger partial charge in [-0.1, -0.05) is 18.2 Å². The van der Waals surface area contributed by atoms with E-state index in [0.717, 1.165) is 5.69 Å². The van der Waals surface area contributed by atoms with Crippen LogP contribution in [0, 0.1) is 0 Å². The number of aromatic nitrogens is 3. The van der Waals surface area contributed by atoms with Crippen molar-refractivity contribution in [2.45, 2.75) is 0 Å². The molecule has 0 saturated carbocycles. The van der Waals surface area contributed by atoms with Gasteiger partial charge < -0.3 is 5.32 Å². The molecule has 0 unspecified atom stereocenters. The van der Waals surface area contributed by atoms with Gasteiger partial charge in [0.2, 0.25) is 0 Å². The van der Waals surface area contributed by atoms with Crippen molar-refractivity contribution in [3.05, 3.63) is 60.0 Å². The second kappa shape index (κ2) is 5.58. The van der Waals surface area contributed by atoms with E-state index in [2.05, 4.69) is 20.3 Å². The van der Waals surface area contributed by atoms with E-state index in [-0.39, 0.29) is 5.91 Å². The maximum absolute atomic E-state index is 12.1. The van der Waals surface area contributed by atoms with E-state index in [1.54, 1.807) is 24.0 Å². The Bertz CT molecular complexity index is 712. The molecule has 0 saturated heterocycles. The third-order valence-electron chi connectivity index (χ3n) is 2.55. The predicted octanol–water partition coefficient (Wildman–Crippen LogP) is 2.85. The molecule has 20 heavy (non-hydrogen) atoms. The molecule has 1 aromatic carbocycles. The van der Waals surface area contributed by atoms with Crippen LogP contribution in [0.15, 0.2) is 54.3 Å². The van der Waals surface area contributed by atoms with Gasteiger partial charge in [-0.25, -0.2) is 4.98 Å². The van der Waals surface area contributed by atoms with Crippen molar-refractivity contribution in [2.24, 2.45) is 0 Å². The van der Waals surface area contributed by atoms with Gasteiger partial charge in [0.1, 0.15) is 16.4 Å². The minimum atomic E-state index is -0.234. The zero-order chi connectivity index (χ0) is 13.8. The van der Waals surface area contributed by atoms with Crippen molar-refractivity contribution in [2.75, 3.05) is 5.32 Å². The van der Waals surface area contributed by atoms with Crippen LogP contribution in [0.25, 0.3) is 10.7 Å². The van der Waals surface area contributed by atoms with Crippen molar-refractivity contribution in [3.63, 3.8) is 0 Å². The number of benzene rings is 1. The van der Waals surface area contributed by atoms with Crippen molar-refractivity contribution < 1.29 is 4.79 Å². The summed E-state index contributed by atoms with van der Waals surface area (Å²) in [4.78, 5) is 24.5. The SMILES string of the molecule is O=C(Nc1ccccc1)c1csc(-c2cnccn2)n1. The zero-order valence-electron chi connectivity index (χ0n) is 10.4. The second-order valence-electron chi connectivity index (χ2n) is 3.95. The largest absolute Gasteiger partial charge is 0.321 e. The lowest BCUT2D eigenvalue weighted by molar-refractivity contribution is 0.102. The number of anilines is 1. The molecule has 0 aliphatic heterocycles. The number of carbonyl (C=O) groups excluding carboxylic acids is 1. The van der Waals surface area contributed by atoms with E-state index in [1.165, 1.54) is 11.3 Å². The lowest BCUT2D eigenvalue weighted by Crippen LogP contribution is -2.12. The summed E-state index contributed by atoms with van der Waals surface area (Å²) < 4.78 is 0. The molecule has 0 fully saturated rings. The number of amides is 1. The molecule has 0 aliphatic rings. The van der Waals surface area contributed by atoms with Gasteiger partial charge in [0.15, 0.2) is 0 Å². The lowest BCUT2D eigenvalue weighted by Gasteiger charge is -2.01. The van der Waals surface area contributed by atoms with Crippen LogP contribution in [0.1, 0.15) is 10.5 Å². The van der Waals surface area contributed by atoms with Gasteiger partial charge >= 0.3 is 0 Å². The summed E-state index contributed by atoms with van der Waals surface area (Å²) in [5.74, 6) is -0.234. The monoisotopic (exact) mass is 282 g/mol. The highest BCUT2D eigenvalue weighted by molar-refractivity contribution is 7.13. The maximum atomic E-state index is 12.1. The Morgan fingerprint density at radius 3 is 2.75 bits per heavy atom. The first-order valence-electron chi connectivity index (χ1n) is 5.91. The smallest absolute Gasteiger partial charge is 0.275 e. The number of para-hydroxylation sites is 1. The van der Waals surface area contributed by atoms with Crippen LogP contribution < -0.4 is 5.32 Å². The van der Waals surface area contributed by atoms with Gasteiger partial charge in [-0.05, 0) is 12.1 Å². The third-order valence-corrected chi connectivity index (χ3v) is 3.42. The van der Waals surface area contributed by atoms with Crippen LogP contribution in [0.5, 0.6) is 0 Å². The minimum Gasteiger partial charge on any atom is -0.321 e. The number of hydrogen-bond acceptors (Lipinski definition) is 5. The van der Waals surface area contributed by atoms with Crippen LogP contribution in [0.3, 0.4) is 0 Å². The molecule has 1 N–H and O–H groups in total. The summed E-state index contributed by atoms with van der Waals surface area (Å²) >= 11 is 1.37. The van der Waals surface area contributed by atoms with Crippen molar-refractivity contribution in [3.8, 4) is 10.7 Å². The Kier molecular flexibility index (Phi) is 3.47. The second-order valence-corrected chi connectivity index (χ2v) is 4.81. The molecular formula is C14H10N4OS. The summed E-state index contributed by atoms with van der Waals surface area (Å²) in [6.45, 7) is 0. The third kappa shape index (κ3) is 2.70. The molecule has 0 spiro atoms. The highest BCUT2D eigenvalue weighted by Gasteiger charge is 2.12. The lowest BCUT2D eigenvalue weighted by atomic mass is 10.3. The Balaban J connectivity index is 1.79. The summed E-state index contributed by atoms with van der Waals surface area (Å²) in [7, 11) is 0. The Morgan fingerprint density at radius 2 is 2.00 bits per heavy atom. The molecule has 98 valence electrons. The van der Waals surface area contributed by atoms with Gasteiger partial charge in [0, 0.05) is 23.5 Å². The normalized spacial score (nSPS) is 10.2. The molecule has 0 aliphatic carbocycles. The molecular weight excluding hydrogens is 272 g/mol. The molecule has 2 heterocycles. The fraction of sp³-hybridized carbons (Fsp3) is 0. The average molecular weight is 282 g/mol. The Hall–Kier alpha value is -2.60. The Morgan fingerprint density at radius 1 is 1.15 bits per heavy atom. The summed E-state index contributed by atoms with van der Waals surface area (Å²) in [6.07, 6.45) is 4.82. The highest BCUT2D eigenvalue weighted by atomic mass is 32.1. The van der Waals surface area contributed by atoms with Crippen molar-refractivity contribution >= 4 is 22.9 Å². The molecule has 3 aromatic rings. The molecule has 0 radical (unpaired) electrons.